The summed E-state index contributed by atoms with van der Waals surface area (Å²) in [6.45, 7) is 3.16. The topological polar surface area (TPSA) is 55.0 Å². The van der Waals surface area contributed by atoms with E-state index in [-0.39, 0.29) is 0 Å². The SMILES string of the molecule is Cc1c(N)ncnc1N1CCC[C@H]2CCCC[C@H]21. The molecule has 98 valence electrons. The highest BCUT2D eigenvalue weighted by molar-refractivity contribution is 5.56. The van der Waals surface area contributed by atoms with Gasteiger partial charge in [0, 0.05) is 18.2 Å². The van der Waals surface area contributed by atoms with Crippen LogP contribution in [0.4, 0.5) is 11.6 Å². The zero-order valence-electron chi connectivity index (χ0n) is 11.1. The van der Waals surface area contributed by atoms with Gasteiger partial charge < -0.3 is 10.6 Å². The lowest BCUT2D eigenvalue weighted by molar-refractivity contribution is 0.242. The first-order valence-electron chi connectivity index (χ1n) is 7.11. The molecule has 18 heavy (non-hydrogen) atoms. The van der Waals surface area contributed by atoms with Crippen LogP contribution in [0.15, 0.2) is 6.33 Å². The monoisotopic (exact) mass is 246 g/mol. The molecule has 0 aromatic carbocycles. The van der Waals surface area contributed by atoms with Crippen LogP contribution in [0, 0.1) is 12.8 Å². The number of rotatable bonds is 1. The fourth-order valence-electron chi connectivity index (χ4n) is 3.63. The molecule has 1 aliphatic heterocycles. The molecule has 2 heterocycles. The first-order valence-corrected chi connectivity index (χ1v) is 7.11. The second-order valence-corrected chi connectivity index (χ2v) is 5.66. The molecular formula is C14H22N4. The number of nitrogens with zero attached hydrogens (tertiary/aromatic N) is 3. The van der Waals surface area contributed by atoms with Crippen LogP contribution >= 0.6 is 0 Å². The van der Waals surface area contributed by atoms with Gasteiger partial charge in [0.1, 0.15) is 18.0 Å². The lowest BCUT2D eigenvalue weighted by Crippen LogP contribution is -2.47. The third-order valence-corrected chi connectivity index (χ3v) is 4.61. The van der Waals surface area contributed by atoms with E-state index >= 15 is 0 Å². The quantitative estimate of drug-likeness (QED) is 0.827. The van der Waals surface area contributed by atoms with Crippen LogP contribution in [0.3, 0.4) is 0 Å². The number of piperidine rings is 1. The molecule has 1 aromatic heterocycles. The minimum atomic E-state index is 0.623. The Morgan fingerprint density at radius 3 is 2.83 bits per heavy atom. The highest BCUT2D eigenvalue weighted by atomic mass is 15.2. The van der Waals surface area contributed by atoms with E-state index in [2.05, 4.69) is 14.9 Å². The van der Waals surface area contributed by atoms with Gasteiger partial charge in [0.05, 0.1) is 0 Å². The molecule has 0 unspecified atom stereocenters. The lowest BCUT2D eigenvalue weighted by Gasteiger charge is -2.45. The smallest absolute Gasteiger partial charge is 0.137 e. The standard InChI is InChI=1S/C14H22N4/c1-10-13(15)16-9-17-14(10)18-8-4-6-11-5-2-3-7-12(11)18/h9,11-12H,2-8H2,1H3,(H2,15,16,17)/t11-,12-/m1/s1. The average molecular weight is 246 g/mol. The maximum absolute atomic E-state index is 5.92. The van der Waals surface area contributed by atoms with E-state index in [0.29, 0.717) is 11.9 Å². The Morgan fingerprint density at radius 2 is 1.94 bits per heavy atom. The van der Waals surface area contributed by atoms with Crippen LogP contribution in [0.2, 0.25) is 0 Å². The van der Waals surface area contributed by atoms with Crippen LogP contribution in [0.25, 0.3) is 0 Å². The van der Waals surface area contributed by atoms with Gasteiger partial charge in [-0.3, -0.25) is 0 Å². The van der Waals surface area contributed by atoms with E-state index in [9.17, 15) is 0 Å². The Hall–Kier alpha value is -1.32. The van der Waals surface area contributed by atoms with E-state index < -0.39 is 0 Å². The Labute approximate surface area is 109 Å². The van der Waals surface area contributed by atoms with Crippen molar-refractivity contribution < 1.29 is 0 Å². The third-order valence-electron chi connectivity index (χ3n) is 4.61. The minimum absolute atomic E-state index is 0.623. The van der Waals surface area contributed by atoms with Crippen molar-refractivity contribution in [2.75, 3.05) is 17.2 Å². The molecule has 1 aliphatic carbocycles. The molecule has 3 rings (SSSR count). The molecule has 2 fully saturated rings. The molecule has 0 amide bonds. The number of hydrogen-bond acceptors (Lipinski definition) is 4. The van der Waals surface area contributed by atoms with Gasteiger partial charge in [0.2, 0.25) is 0 Å². The molecule has 1 saturated heterocycles. The second kappa shape index (κ2) is 4.75. The summed E-state index contributed by atoms with van der Waals surface area (Å²) in [5.74, 6) is 2.56. The number of aromatic nitrogens is 2. The second-order valence-electron chi connectivity index (χ2n) is 5.66. The maximum Gasteiger partial charge on any atom is 0.137 e. The first-order chi connectivity index (χ1) is 8.77. The summed E-state index contributed by atoms with van der Waals surface area (Å²) in [6, 6.07) is 0.681. The van der Waals surface area contributed by atoms with Crippen LogP contribution < -0.4 is 10.6 Å². The van der Waals surface area contributed by atoms with Gasteiger partial charge in [-0.1, -0.05) is 12.8 Å². The van der Waals surface area contributed by atoms with E-state index in [1.807, 2.05) is 6.92 Å². The van der Waals surface area contributed by atoms with Crippen LogP contribution in [0.1, 0.15) is 44.1 Å². The van der Waals surface area contributed by atoms with Crippen molar-refractivity contribution in [3.05, 3.63) is 11.9 Å². The molecule has 2 atom stereocenters. The number of nitrogens with two attached hydrogens (primary N) is 1. The maximum atomic E-state index is 5.92. The Kier molecular flexibility index (Phi) is 3.10. The van der Waals surface area contributed by atoms with Gasteiger partial charge in [-0.05, 0) is 38.5 Å². The predicted molar refractivity (Wildman–Crippen MR) is 73.5 cm³/mol. The number of anilines is 2. The molecule has 4 nitrogen and oxygen atoms in total. The summed E-state index contributed by atoms with van der Waals surface area (Å²) in [6.07, 6.45) is 9.74. The number of hydrogen-bond donors (Lipinski definition) is 1. The van der Waals surface area contributed by atoms with Crippen LogP contribution in [-0.4, -0.2) is 22.6 Å². The summed E-state index contributed by atoms with van der Waals surface area (Å²) < 4.78 is 0. The Bertz CT molecular complexity index is 430. The van der Waals surface area contributed by atoms with Crippen molar-refractivity contribution in [2.45, 2.75) is 51.5 Å². The molecule has 0 bridgehead atoms. The molecule has 0 radical (unpaired) electrons. The van der Waals surface area contributed by atoms with Crippen molar-refractivity contribution >= 4 is 11.6 Å². The summed E-state index contributed by atoms with van der Waals surface area (Å²) in [4.78, 5) is 11.1. The highest BCUT2D eigenvalue weighted by Crippen LogP contribution is 2.38. The third kappa shape index (κ3) is 1.93. The molecular weight excluding hydrogens is 224 g/mol. The van der Waals surface area contributed by atoms with Gasteiger partial charge in [-0.2, -0.15) is 0 Å². The van der Waals surface area contributed by atoms with Gasteiger partial charge in [-0.15, -0.1) is 0 Å². The molecule has 2 N–H and O–H groups in total. The van der Waals surface area contributed by atoms with E-state index in [1.165, 1.54) is 38.5 Å². The van der Waals surface area contributed by atoms with Crippen LogP contribution in [0.5, 0.6) is 0 Å². The van der Waals surface area contributed by atoms with Crippen molar-refractivity contribution in [1.29, 1.82) is 0 Å². The zero-order valence-corrected chi connectivity index (χ0v) is 11.1. The van der Waals surface area contributed by atoms with Gasteiger partial charge in [0.15, 0.2) is 0 Å². The molecule has 0 spiro atoms. The summed E-state index contributed by atoms with van der Waals surface area (Å²) >= 11 is 0. The Balaban J connectivity index is 1.92. The largest absolute Gasteiger partial charge is 0.383 e. The highest BCUT2D eigenvalue weighted by Gasteiger charge is 2.34. The average Bonchev–Trinajstić information content (AvgIpc) is 2.41. The number of nitrogen functional groups attached to an aromatic ring is 1. The molecule has 1 saturated carbocycles. The van der Waals surface area contributed by atoms with Crippen molar-refractivity contribution in [3.63, 3.8) is 0 Å². The molecule has 4 heteroatoms. The van der Waals surface area contributed by atoms with E-state index in [1.54, 1.807) is 6.33 Å². The van der Waals surface area contributed by atoms with Crippen molar-refractivity contribution in [2.24, 2.45) is 5.92 Å². The Morgan fingerprint density at radius 1 is 1.17 bits per heavy atom. The van der Waals surface area contributed by atoms with E-state index in [4.69, 9.17) is 5.73 Å². The predicted octanol–water partition coefficient (Wildman–Crippen LogP) is 2.53. The van der Waals surface area contributed by atoms with Crippen molar-refractivity contribution in [1.82, 2.24) is 9.97 Å². The number of fused-ring (bicyclic) bond motifs is 1. The molecule has 2 aliphatic rings. The lowest BCUT2D eigenvalue weighted by atomic mass is 9.78. The fourth-order valence-corrected chi connectivity index (χ4v) is 3.63. The van der Waals surface area contributed by atoms with Gasteiger partial charge in [-0.25, -0.2) is 9.97 Å². The zero-order chi connectivity index (χ0) is 12.5. The fraction of sp³-hybridized carbons (Fsp3) is 0.714. The molecule has 1 aromatic rings. The summed E-state index contributed by atoms with van der Waals surface area (Å²) in [5.41, 5.74) is 6.96. The van der Waals surface area contributed by atoms with Crippen LogP contribution in [-0.2, 0) is 0 Å². The normalized spacial score (nSPS) is 27.9. The summed E-state index contributed by atoms with van der Waals surface area (Å²) in [5, 5.41) is 0. The first kappa shape index (κ1) is 11.8. The summed E-state index contributed by atoms with van der Waals surface area (Å²) in [7, 11) is 0. The van der Waals surface area contributed by atoms with Crippen molar-refractivity contribution in [3.8, 4) is 0 Å². The van der Waals surface area contributed by atoms with Gasteiger partial charge in [0.25, 0.3) is 0 Å². The van der Waals surface area contributed by atoms with E-state index in [0.717, 1.165) is 23.8 Å². The minimum Gasteiger partial charge on any atom is -0.383 e. The van der Waals surface area contributed by atoms with Gasteiger partial charge >= 0.3 is 0 Å².